The van der Waals surface area contributed by atoms with Crippen molar-refractivity contribution >= 4 is 17.0 Å². The quantitative estimate of drug-likeness (QED) is 0.633. The van der Waals surface area contributed by atoms with E-state index in [9.17, 15) is 4.79 Å². The first-order chi connectivity index (χ1) is 6.61. The maximum Gasteiger partial charge on any atom is 0.281 e. The van der Waals surface area contributed by atoms with E-state index in [2.05, 4.69) is 20.8 Å². The highest BCUT2D eigenvalue weighted by Gasteiger charge is 2.12. The Kier molecular flexibility index (Phi) is 8.05. The molecule has 0 bridgehead atoms. The zero-order chi connectivity index (χ0) is 11.0. The normalized spacial score (nSPS) is 10.6. The molecule has 1 amide bonds. The summed E-state index contributed by atoms with van der Waals surface area (Å²) in [7, 11) is 0. The highest BCUT2D eigenvalue weighted by Crippen LogP contribution is 2.12. The zero-order valence-electron chi connectivity index (χ0n) is 9.88. The fourth-order valence-electron chi connectivity index (χ4n) is 1.17. The molecule has 0 aliphatic rings. The van der Waals surface area contributed by atoms with Crippen LogP contribution in [-0.4, -0.2) is 29.0 Å². The Morgan fingerprint density at radius 2 is 2.00 bits per heavy atom. The average molecular weight is 217 g/mol. The average Bonchev–Trinajstić information content (AvgIpc) is 2.14. The van der Waals surface area contributed by atoms with Crippen molar-refractivity contribution in [1.29, 1.82) is 0 Å². The predicted molar refractivity (Wildman–Crippen MR) is 64.8 cm³/mol. The molecule has 0 radical (unpaired) electrons. The zero-order valence-corrected chi connectivity index (χ0v) is 10.7. The third-order valence-corrected chi connectivity index (χ3v) is 2.95. The maximum atomic E-state index is 11.7. The van der Waals surface area contributed by atoms with Crippen molar-refractivity contribution in [3.05, 3.63) is 0 Å². The molecule has 0 atom stereocenters. The van der Waals surface area contributed by atoms with Crippen LogP contribution in [0.3, 0.4) is 0 Å². The van der Waals surface area contributed by atoms with Gasteiger partial charge >= 0.3 is 0 Å². The Morgan fingerprint density at radius 3 is 2.43 bits per heavy atom. The Hall–Kier alpha value is -0.180. The summed E-state index contributed by atoms with van der Waals surface area (Å²) in [6, 6.07) is 0. The Bertz CT molecular complexity index is 159. The fourth-order valence-corrected chi connectivity index (χ4v) is 2.16. The molecule has 0 aromatic rings. The van der Waals surface area contributed by atoms with Crippen molar-refractivity contribution in [2.24, 2.45) is 5.92 Å². The van der Waals surface area contributed by atoms with Gasteiger partial charge in [-0.25, -0.2) is 0 Å². The second-order valence-electron chi connectivity index (χ2n) is 3.90. The topological polar surface area (TPSA) is 20.3 Å². The summed E-state index contributed by atoms with van der Waals surface area (Å²) in [5.74, 6) is 1.52. The van der Waals surface area contributed by atoms with Crippen molar-refractivity contribution in [2.45, 2.75) is 40.5 Å². The van der Waals surface area contributed by atoms with Gasteiger partial charge in [0.05, 0.1) is 0 Å². The minimum absolute atomic E-state index is 0.245. The third-order valence-electron chi connectivity index (χ3n) is 1.95. The first kappa shape index (κ1) is 13.8. The fraction of sp³-hybridized carbons (Fsp3) is 0.909. The summed E-state index contributed by atoms with van der Waals surface area (Å²) in [6.07, 6.45) is 2.30. The van der Waals surface area contributed by atoms with E-state index in [4.69, 9.17) is 0 Å². The summed E-state index contributed by atoms with van der Waals surface area (Å²) in [5.41, 5.74) is 0. The number of nitrogens with zero attached hydrogens (tertiary/aromatic N) is 1. The van der Waals surface area contributed by atoms with E-state index in [1.54, 1.807) is 0 Å². The Balaban J connectivity index is 3.79. The monoisotopic (exact) mass is 217 g/mol. The van der Waals surface area contributed by atoms with Gasteiger partial charge in [-0.15, -0.1) is 0 Å². The molecular weight excluding hydrogens is 194 g/mol. The molecule has 0 aromatic heterocycles. The largest absolute Gasteiger partial charge is 0.334 e. The van der Waals surface area contributed by atoms with E-state index in [0.717, 1.165) is 31.7 Å². The van der Waals surface area contributed by atoms with Gasteiger partial charge in [0.2, 0.25) is 0 Å². The van der Waals surface area contributed by atoms with Crippen molar-refractivity contribution in [3.8, 4) is 0 Å². The van der Waals surface area contributed by atoms with Crippen molar-refractivity contribution in [3.63, 3.8) is 0 Å². The van der Waals surface area contributed by atoms with Gasteiger partial charge in [0.15, 0.2) is 0 Å². The van der Waals surface area contributed by atoms with Crippen LogP contribution in [0.5, 0.6) is 0 Å². The molecule has 0 rings (SSSR count). The first-order valence-electron chi connectivity index (χ1n) is 5.53. The Morgan fingerprint density at radius 1 is 1.36 bits per heavy atom. The molecule has 0 aliphatic carbocycles. The van der Waals surface area contributed by atoms with Crippen molar-refractivity contribution in [2.75, 3.05) is 18.8 Å². The van der Waals surface area contributed by atoms with Gasteiger partial charge in [-0.2, -0.15) is 0 Å². The molecule has 0 aromatic carbocycles. The molecule has 0 saturated carbocycles. The summed E-state index contributed by atoms with van der Waals surface area (Å²) in [6.45, 7) is 10.2. The minimum atomic E-state index is 0.245. The summed E-state index contributed by atoms with van der Waals surface area (Å²) in [4.78, 5) is 13.6. The smallest absolute Gasteiger partial charge is 0.281 e. The minimum Gasteiger partial charge on any atom is -0.334 e. The molecule has 14 heavy (non-hydrogen) atoms. The van der Waals surface area contributed by atoms with Gasteiger partial charge in [-0.1, -0.05) is 39.0 Å². The highest BCUT2D eigenvalue weighted by molar-refractivity contribution is 8.13. The molecular formula is C11H23NOS. The molecule has 0 N–H and O–H groups in total. The van der Waals surface area contributed by atoms with Gasteiger partial charge in [0.1, 0.15) is 0 Å². The molecule has 0 aliphatic heterocycles. The molecule has 0 fully saturated rings. The molecule has 0 heterocycles. The number of thioether (sulfide) groups is 1. The lowest BCUT2D eigenvalue weighted by Gasteiger charge is -2.22. The van der Waals surface area contributed by atoms with Crippen LogP contribution in [0, 0.1) is 5.92 Å². The lowest BCUT2D eigenvalue weighted by atomic mass is 10.2. The van der Waals surface area contributed by atoms with Crippen LogP contribution in [0.4, 0.5) is 4.79 Å². The van der Waals surface area contributed by atoms with Gasteiger partial charge in [-0.3, -0.25) is 4.79 Å². The molecule has 0 spiro atoms. The van der Waals surface area contributed by atoms with Crippen molar-refractivity contribution < 1.29 is 4.79 Å². The Labute approximate surface area is 92.4 Å². The van der Waals surface area contributed by atoms with Crippen LogP contribution in [0.1, 0.15) is 40.5 Å². The number of carbonyl (C=O) groups excluding carboxylic acids is 1. The summed E-state index contributed by atoms with van der Waals surface area (Å²) in [5, 5.41) is 0.245. The van der Waals surface area contributed by atoms with Crippen LogP contribution in [0.15, 0.2) is 0 Å². The van der Waals surface area contributed by atoms with Gasteiger partial charge < -0.3 is 4.90 Å². The second-order valence-corrected chi connectivity index (χ2v) is 4.95. The van der Waals surface area contributed by atoms with Gasteiger partial charge in [0.25, 0.3) is 5.24 Å². The number of amides is 1. The lowest BCUT2D eigenvalue weighted by molar-refractivity contribution is 0.219. The standard InChI is InChI=1S/C11H23NOS/c1-5-7-8-14-11(13)12(6-2)9-10(3)4/h10H,5-9H2,1-4H3. The van der Waals surface area contributed by atoms with Crippen molar-refractivity contribution in [1.82, 2.24) is 4.90 Å². The van der Waals surface area contributed by atoms with Crippen LogP contribution in [0.25, 0.3) is 0 Å². The van der Waals surface area contributed by atoms with E-state index in [-0.39, 0.29) is 5.24 Å². The van der Waals surface area contributed by atoms with Crippen LogP contribution >= 0.6 is 11.8 Å². The van der Waals surface area contributed by atoms with Crippen LogP contribution in [-0.2, 0) is 0 Å². The first-order valence-corrected chi connectivity index (χ1v) is 6.52. The molecule has 84 valence electrons. The lowest BCUT2D eigenvalue weighted by Crippen LogP contribution is -2.31. The van der Waals surface area contributed by atoms with Crippen LogP contribution in [0.2, 0.25) is 0 Å². The van der Waals surface area contributed by atoms with Crippen LogP contribution < -0.4 is 0 Å². The number of rotatable bonds is 6. The number of carbonyl (C=O) groups is 1. The molecule has 0 saturated heterocycles. The molecule has 0 unspecified atom stereocenters. The predicted octanol–water partition coefficient (Wildman–Crippen LogP) is 3.62. The van der Waals surface area contributed by atoms with Gasteiger partial charge in [0, 0.05) is 18.8 Å². The van der Waals surface area contributed by atoms with Gasteiger partial charge in [-0.05, 0) is 19.3 Å². The third kappa shape index (κ3) is 6.30. The van der Waals surface area contributed by atoms with E-state index in [1.165, 1.54) is 11.8 Å². The maximum absolute atomic E-state index is 11.7. The summed E-state index contributed by atoms with van der Waals surface area (Å²) < 4.78 is 0. The highest BCUT2D eigenvalue weighted by atomic mass is 32.2. The number of unbranched alkanes of at least 4 members (excludes halogenated alkanes) is 1. The van der Waals surface area contributed by atoms with E-state index in [0.29, 0.717) is 5.92 Å². The second kappa shape index (κ2) is 8.16. The van der Waals surface area contributed by atoms with E-state index in [1.807, 2.05) is 11.8 Å². The summed E-state index contributed by atoms with van der Waals surface area (Å²) >= 11 is 1.46. The molecule has 2 nitrogen and oxygen atoms in total. The number of hydrogen-bond donors (Lipinski definition) is 0. The number of hydrogen-bond acceptors (Lipinski definition) is 2. The molecule has 3 heteroatoms. The van der Waals surface area contributed by atoms with E-state index >= 15 is 0 Å². The van der Waals surface area contributed by atoms with E-state index < -0.39 is 0 Å². The SMILES string of the molecule is CCCCSC(=O)N(CC)CC(C)C.